The highest BCUT2D eigenvalue weighted by Gasteiger charge is 2.37. The number of rotatable bonds is 16. The zero-order chi connectivity index (χ0) is 43.5. The van der Waals surface area contributed by atoms with Crippen molar-refractivity contribution >= 4 is 46.1 Å². The van der Waals surface area contributed by atoms with Crippen molar-refractivity contribution in [3.05, 3.63) is 214 Å². The average molecular weight is 845 g/mol. The van der Waals surface area contributed by atoms with Gasteiger partial charge in [0.1, 0.15) is 11.2 Å². The molecular weight excluding hydrogens is 807 g/mol. The van der Waals surface area contributed by atoms with Gasteiger partial charge in [0.15, 0.2) is 28.4 Å². The lowest BCUT2D eigenvalue weighted by Crippen LogP contribution is -2.38. The van der Waals surface area contributed by atoms with Crippen molar-refractivity contribution in [3.63, 3.8) is 0 Å². The van der Waals surface area contributed by atoms with Crippen molar-refractivity contribution in [1.29, 1.82) is 0 Å². The number of hydrogen-bond acceptors (Lipinski definition) is 13. The molecule has 0 saturated heterocycles. The van der Waals surface area contributed by atoms with Gasteiger partial charge in [-0.1, -0.05) is 163 Å². The van der Waals surface area contributed by atoms with Gasteiger partial charge >= 0.3 is 17.9 Å². The minimum absolute atomic E-state index is 0.0162. The van der Waals surface area contributed by atoms with Crippen LogP contribution in [0.25, 0.3) is 0 Å². The van der Waals surface area contributed by atoms with Gasteiger partial charge in [0.25, 0.3) is 0 Å². The molecule has 0 fully saturated rings. The summed E-state index contributed by atoms with van der Waals surface area (Å²) in [4.78, 5) is 61.7. The molecule has 7 aromatic rings. The van der Waals surface area contributed by atoms with Crippen LogP contribution >= 0.6 is 11.3 Å². The maximum atomic E-state index is 14.4. The molecule has 0 aliphatic carbocycles. The Labute approximate surface area is 361 Å². The molecule has 1 unspecified atom stereocenters. The van der Waals surface area contributed by atoms with E-state index in [9.17, 15) is 24.3 Å². The predicted octanol–water partition coefficient (Wildman–Crippen LogP) is 7.94. The highest BCUT2D eigenvalue weighted by Crippen LogP contribution is 2.41. The SMILES string of the molecule is CC(=O)Oc1ccc(C(O/N=C(\C(=O)[O-])c2csc(NC(c3ccccc3)(c3ccccc3)c3ccccc3)n2)C(=O)OC(c2ccccc2)c2ccccc2)cc1OC(C)=O. The average Bonchev–Trinajstić information content (AvgIpc) is 3.75. The summed E-state index contributed by atoms with van der Waals surface area (Å²) in [5.74, 6) is -4.50. The van der Waals surface area contributed by atoms with E-state index in [0.29, 0.717) is 16.3 Å². The number of carboxylic acid groups (broad SMARTS) is 1. The number of benzene rings is 6. The van der Waals surface area contributed by atoms with Crippen LogP contribution in [0.2, 0.25) is 0 Å². The van der Waals surface area contributed by atoms with Gasteiger partial charge in [0.05, 0.1) is 5.97 Å². The molecule has 310 valence electrons. The van der Waals surface area contributed by atoms with Crippen LogP contribution < -0.4 is 19.9 Å². The number of aromatic nitrogens is 1. The first-order valence-electron chi connectivity index (χ1n) is 19.3. The van der Waals surface area contributed by atoms with Gasteiger partial charge in [-0.05, 0) is 39.9 Å². The number of aliphatic carboxylic acids is 1. The number of carboxylic acids is 1. The molecular formula is C49H38N3O9S-. The van der Waals surface area contributed by atoms with Crippen LogP contribution in [0.1, 0.15) is 65.1 Å². The third kappa shape index (κ3) is 9.75. The molecule has 1 N–H and O–H groups in total. The fraction of sp³-hybridized carbons (Fsp3) is 0.102. The molecule has 7 rings (SSSR count). The van der Waals surface area contributed by atoms with Crippen molar-refractivity contribution < 1.29 is 43.3 Å². The largest absolute Gasteiger partial charge is 0.543 e. The first kappa shape index (κ1) is 42.2. The van der Waals surface area contributed by atoms with Crippen LogP contribution in [0.3, 0.4) is 0 Å². The molecule has 1 aromatic heterocycles. The molecule has 0 amide bonds. The smallest absolute Gasteiger partial charge is 0.355 e. The summed E-state index contributed by atoms with van der Waals surface area (Å²) in [6, 6.07) is 51.2. The summed E-state index contributed by atoms with van der Waals surface area (Å²) in [6.45, 7) is 2.32. The lowest BCUT2D eigenvalue weighted by molar-refractivity contribution is -0.294. The van der Waals surface area contributed by atoms with Gasteiger partial charge in [-0.25, -0.2) is 9.78 Å². The second-order valence-electron chi connectivity index (χ2n) is 13.8. The number of hydrogen-bond donors (Lipinski definition) is 1. The quantitative estimate of drug-likeness (QED) is 0.0330. The van der Waals surface area contributed by atoms with E-state index >= 15 is 0 Å². The van der Waals surface area contributed by atoms with Crippen LogP contribution in [-0.2, 0) is 34.3 Å². The minimum atomic E-state index is -1.77. The zero-order valence-corrected chi connectivity index (χ0v) is 34.2. The molecule has 0 spiro atoms. The topological polar surface area (TPSA) is 166 Å². The number of anilines is 1. The van der Waals surface area contributed by atoms with Crippen LogP contribution in [0.5, 0.6) is 11.5 Å². The van der Waals surface area contributed by atoms with Crippen LogP contribution in [0.15, 0.2) is 180 Å². The van der Waals surface area contributed by atoms with Crippen molar-refractivity contribution in [2.24, 2.45) is 5.16 Å². The molecule has 0 saturated carbocycles. The summed E-state index contributed by atoms with van der Waals surface area (Å²) >= 11 is 1.13. The molecule has 1 atom stereocenters. The lowest BCUT2D eigenvalue weighted by Gasteiger charge is -2.36. The molecule has 0 radical (unpaired) electrons. The fourth-order valence-electron chi connectivity index (χ4n) is 6.84. The first-order chi connectivity index (χ1) is 30.1. The molecule has 6 aromatic carbocycles. The number of nitrogens with one attached hydrogen (secondary N) is 1. The maximum absolute atomic E-state index is 14.4. The monoisotopic (exact) mass is 844 g/mol. The van der Waals surface area contributed by atoms with Crippen LogP contribution in [0.4, 0.5) is 5.13 Å². The molecule has 0 aliphatic heterocycles. The Balaban J connectivity index is 1.28. The van der Waals surface area contributed by atoms with Gasteiger partial charge in [-0.15, -0.1) is 11.3 Å². The summed E-state index contributed by atoms with van der Waals surface area (Å²) < 4.78 is 16.7. The lowest BCUT2D eigenvalue weighted by atomic mass is 9.77. The Bertz CT molecular complexity index is 2540. The summed E-state index contributed by atoms with van der Waals surface area (Å²) in [6.07, 6.45) is -2.70. The molecule has 13 heteroatoms. The Morgan fingerprint density at radius 2 is 1.10 bits per heavy atom. The minimum Gasteiger partial charge on any atom is -0.543 e. The van der Waals surface area contributed by atoms with E-state index in [2.05, 4.69) is 15.5 Å². The van der Waals surface area contributed by atoms with Gasteiger partial charge in [0, 0.05) is 24.8 Å². The molecule has 0 bridgehead atoms. The van der Waals surface area contributed by atoms with Gasteiger partial charge in [0.2, 0.25) is 6.10 Å². The number of esters is 3. The Kier molecular flexibility index (Phi) is 13.2. The Morgan fingerprint density at radius 3 is 1.56 bits per heavy atom. The number of ether oxygens (including phenoxy) is 3. The van der Waals surface area contributed by atoms with E-state index in [-0.39, 0.29) is 22.8 Å². The molecule has 12 nitrogen and oxygen atoms in total. The Hall–Kier alpha value is -7.90. The van der Waals surface area contributed by atoms with Crippen molar-refractivity contribution in [1.82, 2.24) is 4.98 Å². The van der Waals surface area contributed by atoms with E-state index in [1.54, 1.807) is 48.5 Å². The van der Waals surface area contributed by atoms with Crippen molar-refractivity contribution in [3.8, 4) is 11.5 Å². The summed E-state index contributed by atoms with van der Waals surface area (Å²) in [5.41, 5.74) is 2.14. The van der Waals surface area contributed by atoms with Crippen LogP contribution in [0, 0.1) is 0 Å². The van der Waals surface area contributed by atoms with E-state index in [1.165, 1.54) is 30.5 Å². The number of thiazole rings is 1. The Morgan fingerprint density at radius 1 is 0.629 bits per heavy atom. The number of carbonyl (C=O) groups excluding carboxylic acids is 4. The van der Waals surface area contributed by atoms with Gasteiger partial charge < -0.3 is 34.3 Å². The van der Waals surface area contributed by atoms with E-state index in [4.69, 9.17) is 19.0 Å². The number of nitrogens with zero attached hydrogens (tertiary/aromatic N) is 2. The highest BCUT2D eigenvalue weighted by atomic mass is 32.1. The second kappa shape index (κ2) is 19.4. The molecule has 1 heterocycles. The standard InChI is InChI=1S/C49H39N3O9S/c1-32(53)58-41-29-28-36(30-42(41)59-33(2)54)45(47(57)60-44(34-18-8-3-9-19-34)35-20-10-4-11-21-35)61-52-43(46(55)56)40-31-62-48(50-40)51-49(37-22-12-5-13-23-37,38-24-14-6-15-25-38)39-26-16-7-17-27-39/h3-31,44-45H,1-2H3,(H,50,51)(H,55,56)/p-1/b52-43-. The predicted molar refractivity (Wildman–Crippen MR) is 230 cm³/mol. The first-order valence-corrected chi connectivity index (χ1v) is 20.2. The maximum Gasteiger partial charge on any atom is 0.355 e. The van der Waals surface area contributed by atoms with Crippen LogP contribution in [-0.4, -0.2) is 34.6 Å². The summed E-state index contributed by atoms with van der Waals surface area (Å²) in [5, 5.41) is 22.2. The fourth-order valence-corrected chi connectivity index (χ4v) is 7.59. The molecule has 0 aliphatic rings. The third-order valence-corrected chi connectivity index (χ3v) is 10.3. The molecule has 62 heavy (non-hydrogen) atoms. The second-order valence-corrected chi connectivity index (χ2v) is 14.6. The number of carbonyl (C=O) groups is 4. The summed E-state index contributed by atoms with van der Waals surface area (Å²) in [7, 11) is 0. The normalized spacial score (nSPS) is 11.9. The van der Waals surface area contributed by atoms with Crippen molar-refractivity contribution in [2.75, 3.05) is 5.32 Å². The van der Waals surface area contributed by atoms with Gasteiger partial charge in [-0.2, -0.15) is 0 Å². The highest BCUT2D eigenvalue weighted by molar-refractivity contribution is 7.14. The third-order valence-electron chi connectivity index (χ3n) is 9.54. The zero-order valence-electron chi connectivity index (χ0n) is 33.4. The van der Waals surface area contributed by atoms with Gasteiger partial charge in [-0.3, -0.25) is 9.59 Å². The number of oxime groups is 1. The van der Waals surface area contributed by atoms with Crippen molar-refractivity contribution in [2.45, 2.75) is 31.6 Å². The van der Waals surface area contributed by atoms with E-state index in [1.807, 2.05) is 103 Å². The van der Waals surface area contributed by atoms with E-state index in [0.717, 1.165) is 35.0 Å². The van der Waals surface area contributed by atoms with E-state index < -0.39 is 47.3 Å².